The van der Waals surface area contributed by atoms with E-state index in [1.54, 1.807) is 12.4 Å². The van der Waals surface area contributed by atoms with Crippen molar-refractivity contribution in [3.8, 4) is 6.07 Å². The van der Waals surface area contributed by atoms with Crippen LogP contribution >= 0.6 is 0 Å². The molecule has 0 spiro atoms. The fraction of sp³-hybridized carbons (Fsp3) is 0.400. The number of aliphatic hydroxyl groups excluding tert-OH is 1. The van der Waals surface area contributed by atoms with Crippen molar-refractivity contribution in [1.82, 2.24) is 4.98 Å². The second-order valence-electron chi connectivity index (χ2n) is 3.40. The number of pyridine rings is 1. The van der Waals surface area contributed by atoms with E-state index in [1.807, 2.05) is 12.1 Å². The molecule has 2 rings (SSSR count). The van der Waals surface area contributed by atoms with E-state index in [4.69, 9.17) is 10.4 Å². The molecule has 0 aromatic carbocycles. The number of aromatic nitrogens is 1. The third-order valence-electron chi connectivity index (χ3n) is 2.72. The van der Waals surface area contributed by atoms with Crippen LogP contribution in [-0.4, -0.2) is 16.7 Å². The maximum Gasteiger partial charge on any atom is 0.0878 e. The normalized spacial score (nSPS) is 30.9. The Labute approximate surface area is 76.7 Å². The van der Waals surface area contributed by atoms with Gasteiger partial charge in [0.2, 0.25) is 0 Å². The summed E-state index contributed by atoms with van der Waals surface area (Å²) >= 11 is 0. The van der Waals surface area contributed by atoms with Gasteiger partial charge in [-0.2, -0.15) is 5.26 Å². The first-order valence-electron chi connectivity index (χ1n) is 4.26. The number of rotatable bonds is 2. The molecule has 1 N–H and O–H groups in total. The lowest BCUT2D eigenvalue weighted by Crippen LogP contribution is -2.08. The zero-order chi connectivity index (χ0) is 9.31. The molecule has 0 amide bonds. The lowest BCUT2D eigenvalue weighted by Gasteiger charge is -2.06. The Bertz CT molecular complexity index is 344. The summed E-state index contributed by atoms with van der Waals surface area (Å²) < 4.78 is 0. The van der Waals surface area contributed by atoms with Gasteiger partial charge in [-0.3, -0.25) is 4.98 Å². The molecule has 1 fully saturated rings. The van der Waals surface area contributed by atoms with E-state index in [9.17, 15) is 0 Å². The van der Waals surface area contributed by atoms with Crippen molar-refractivity contribution in [2.24, 2.45) is 5.92 Å². The summed E-state index contributed by atoms with van der Waals surface area (Å²) in [6, 6.07) is 5.97. The lowest BCUT2D eigenvalue weighted by molar-refractivity contribution is 0.269. The highest BCUT2D eigenvalue weighted by Crippen LogP contribution is 2.53. The van der Waals surface area contributed by atoms with E-state index in [0.717, 1.165) is 12.0 Å². The second-order valence-corrected chi connectivity index (χ2v) is 3.40. The Morgan fingerprint density at radius 3 is 2.77 bits per heavy atom. The number of hydrogen-bond acceptors (Lipinski definition) is 3. The quantitative estimate of drug-likeness (QED) is 0.723. The number of nitrogens with zero attached hydrogens (tertiary/aromatic N) is 2. The van der Waals surface area contributed by atoms with Gasteiger partial charge in [0, 0.05) is 24.9 Å². The van der Waals surface area contributed by atoms with Crippen LogP contribution in [0.4, 0.5) is 0 Å². The van der Waals surface area contributed by atoms with E-state index < -0.39 is 5.41 Å². The van der Waals surface area contributed by atoms with Crippen molar-refractivity contribution in [2.45, 2.75) is 11.8 Å². The summed E-state index contributed by atoms with van der Waals surface area (Å²) in [7, 11) is 0. The Kier molecular flexibility index (Phi) is 1.78. The van der Waals surface area contributed by atoms with Gasteiger partial charge in [-0.1, -0.05) is 0 Å². The lowest BCUT2D eigenvalue weighted by atomic mass is 9.96. The monoisotopic (exact) mass is 174 g/mol. The van der Waals surface area contributed by atoms with Crippen molar-refractivity contribution in [2.75, 3.05) is 6.61 Å². The minimum absolute atomic E-state index is 0.0931. The molecule has 1 heterocycles. The van der Waals surface area contributed by atoms with Gasteiger partial charge in [0.05, 0.1) is 11.5 Å². The molecule has 0 radical (unpaired) electrons. The molecule has 1 saturated carbocycles. The highest BCUT2D eigenvalue weighted by Gasteiger charge is 2.55. The minimum atomic E-state index is -0.433. The Hall–Kier alpha value is -1.40. The van der Waals surface area contributed by atoms with Crippen LogP contribution in [0.5, 0.6) is 0 Å². The predicted molar refractivity (Wildman–Crippen MR) is 46.7 cm³/mol. The molecule has 13 heavy (non-hydrogen) atoms. The Balaban J connectivity index is 2.32. The Morgan fingerprint density at radius 2 is 2.31 bits per heavy atom. The van der Waals surface area contributed by atoms with Gasteiger partial charge in [0.1, 0.15) is 0 Å². The minimum Gasteiger partial charge on any atom is -0.396 e. The van der Waals surface area contributed by atoms with Crippen molar-refractivity contribution in [3.05, 3.63) is 30.1 Å². The van der Waals surface area contributed by atoms with Crippen LogP contribution in [0.15, 0.2) is 24.5 Å². The SMILES string of the molecule is N#CC1(c2ccncc2)CC1CO. The fourth-order valence-corrected chi connectivity index (χ4v) is 1.75. The van der Waals surface area contributed by atoms with Gasteiger partial charge in [-0.25, -0.2) is 0 Å². The highest BCUT2D eigenvalue weighted by molar-refractivity contribution is 5.40. The van der Waals surface area contributed by atoms with Crippen LogP contribution in [0.1, 0.15) is 12.0 Å². The molecule has 0 saturated heterocycles. The van der Waals surface area contributed by atoms with Crippen LogP contribution in [-0.2, 0) is 5.41 Å². The van der Waals surface area contributed by atoms with Gasteiger partial charge >= 0.3 is 0 Å². The molecule has 1 aliphatic carbocycles. The van der Waals surface area contributed by atoms with Crippen LogP contribution in [0, 0.1) is 17.2 Å². The Morgan fingerprint density at radius 1 is 1.62 bits per heavy atom. The summed E-state index contributed by atoms with van der Waals surface area (Å²) in [4.78, 5) is 3.90. The van der Waals surface area contributed by atoms with E-state index in [0.29, 0.717) is 0 Å². The maximum atomic E-state index is 9.03. The summed E-state index contributed by atoms with van der Waals surface area (Å²) in [6.45, 7) is 0.0931. The molecule has 3 nitrogen and oxygen atoms in total. The summed E-state index contributed by atoms with van der Waals surface area (Å²) in [5, 5.41) is 18.0. The molecule has 1 aliphatic rings. The molecule has 3 heteroatoms. The first-order chi connectivity index (χ1) is 6.33. The van der Waals surface area contributed by atoms with Crippen LogP contribution < -0.4 is 0 Å². The predicted octanol–water partition coefficient (Wildman–Crippen LogP) is 0.855. The molecule has 1 aromatic heterocycles. The largest absolute Gasteiger partial charge is 0.396 e. The third kappa shape index (κ3) is 1.11. The molecule has 2 atom stereocenters. The third-order valence-corrected chi connectivity index (χ3v) is 2.72. The summed E-state index contributed by atoms with van der Waals surface area (Å²) in [5.41, 5.74) is 0.543. The van der Waals surface area contributed by atoms with Crippen molar-refractivity contribution < 1.29 is 5.11 Å². The molecular weight excluding hydrogens is 164 g/mol. The van der Waals surface area contributed by atoms with Gasteiger partial charge in [-0.05, 0) is 24.1 Å². The van der Waals surface area contributed by atoms with E-state index >= 15 is 0 Å². The smallest absolute Gasteiger partial charge is 0.0878 e. The maximum absolute atomic E-state index is 9.03. The molecule has 0 aliphatic heterocycles. The first-order valence-corrected chi connectivity index (χ1v) is 4.26. The fourth-order valence-electron chi connectivity index (χ4n) is 1.75. The van der Waals surface area contributed by atoms with E-state index in [1.165, 1.54) is 0 Å². The van der Waals surface area contributed by atoms with Crippen LogP contribution in [0.3, 0.4) is 0 Å². The zero-order valence-corrected chi connectivity index (χ0v) is 7.14. The standard InChI is InChI=1S/C10H10N2O/c11-7-10(5-9(10)6-13)8-1-3-12-4-2-8/h1-4,9,13H,5-6H2. The van der Waals surface area contributed by atoms with Gasteiger partial charge in [-0.15, -0.1) is 0 Å². The van der Waals surface area contributed by atoms with Crippen molar-refractivity contribution in [3.63, 3.8) is 0 Å². The highest BCUT2D eigenvalue weighted by atomic mass is 16.3. The van der Waals surface area contributed by atoms with Gasteiger partial charge in [0.15, 0.2) is 0 Å². The van der Waals surface area contributed by atoms with Gasteiger partial charge in [0.25, 0.3) is 0 Å². The average Bonchev–Trinajstić information content (AvgIpc) is 2.94. The summed E-state index contributed by atoms with van der Waals surface area (Å²) in [5.74, 6) is 0.111. The van der Waals surface area contributed by atoms with E-state index in [-0.39, 0.29) is 12.5 Å². The van der Waals surface area contributed by atoms with E-state index in [2.05, 4.69) is 11.1 Å². The molecule has 1 aromatic rings. The second kappa shape index (κ2) is 2.82. The first kappa shape index (κ1) is 8.21. The average molecular weight is 174 g/mol. The van der Waals surface area contributed by atoms with Crippen molar-refractivity contribution >= 4 is 0 Å². The molecule has 2 unspecified atom stereocenters. The molecule has 0 bridgehead atoms. The van der Waals surface area contributed by atoms with Crippen LogP contribution in [0.25, 0.3) is 0 Å². The summed E-state index contributed by atoms with van der Waals surface area (Å²) in [6.07, 6.45) is 4.13. The van der Waals surface area contributed by atoms with Crippen LogP contribution in [0.2, 0.25) is 0 Å². The number of nitriles is 1. The molecular formula is C10H10N2O. The zero-order valence-electron chi connectivity index (χ0n) is 7.14. The molecule has 66 valence electrons. The number of hydrogen-bond donors (Lipinski definition) is 1. The topological polar surface area (TPSA) is 56.9 Å². The number of aliphatic hydroxyl groups is 1. The van der Waals surface area contributed by atoms with Gasteiger partial charge < -0.3 is 5.11 Å². The van der Waals surface area contributed by atoms with Crippen molar-refractivity contribution in [1.29, 1.82) is 5.26 Å².